The van der Waals surface area contributed by atoms with Crippen molar-refractivity contribution in [3.63, 3.8) is 0 Å². The lowest BCUT2D eigenvalue weighted by atomic mass is 10.0. The van der Waals surface area contributed by atoms with E-state index in [-0.39, 0.29) is 11.5 Å². The molecule has 1 saturated heterocycles. The fraction of sp³-hybridized carbons (Fsp3) is 0.296. The van der Waals surface area contributed by atoms with Gasteiger partial charge in [0.25, 0.3) is 0 Å². The second kappa shape index (κ2) is 11.1. The number of nitrogens with zero attached hydrogens (tertiary/aromatic N) is 7. The third kappa shape index (κ3) is 5.12. The van der Waals surface area contributed by atoms with Crippen LogP contribution >= 0.6 is 11.6 Å². The van der Waals surface area contributed by atoms with E-state index in [9.17, 15) is 9.59 Å². The molecule has 0 aliphatic carbocycles. The summed E-state index contributed by atoms with van der Waals surface area (Å²) >= 11 is 5.95. The summed E-state index contributed by atoms with van der Waals surface area (Å²) in [6.07, 6.45) is 3.60. The highest BCUT2D eigenvalue weighted by Crippen LogP contribution is 2.22. The number of ether oxygens (including phenoxy) is 1. The molecule has 0 saturated carbocycles. The number of Topliss-reactive ketones (excluding diaryl/α,β-unsaturated/α-hetero) is 1. The van der Waals surface area contributed by atoms with Gasteiger partial charge in [0.2, 0.25) is 11.8 Å². The topological polar surface area (TPSA) is 98.4 Å². The van der Waals surface area contributed by atoms with Crippen molar-refractivity contribution in [2.75, 3.05) is 43.1 Å². The molecule has 10 nitrogen and oxygen atoms in total. The van der Waals surface area contributed by atoms with Gasteiger partial charge in [-0.05, 0) is 55.0 Å². The molecule has 0 spiro atoms. The van der Waals surface area contributed by atoms with E-state index in [0.29, 0.717) is 34.5 Å². The Morgan fingerprint density at radius 2 is 1.63 bits per heavy atom. The van der Waals surface area contributed by atoms with Crippen LogP contribution in [0.1, 0.15) is 29.7 Å². The molecule has 1 unspecified atom stereocenters. The number of hydrogen-bond donors (Lipinski definition) is 0. The predicted octanol–water partition coefficient (Wildman–Crippen LogP) is 3.65. The number of rotatable bonds is 8. The molecular formula is C27H28ClN7O3. The van der Waals surface area contributed by atoms with Crippen LogP contribution in [0.15, 0.2) is 71.9 Å². The first kappa shape index (κ1) is 25.5. The normalized spacial score (nSPS) is 14.4. The van der Waals surface area contributed by atoms with Gasteiger partial charge in [0.15, 0.2) is 5.78 Å². The quantitative estimate of drug-likeness (QED) is 0.317. The maximum Gasteiger partial charge on any atom is 0.351 e. The summed E-state index contributed by atoms with van der Waals surface area (Å²) in [5, 5.41) is 4.82. The van der Waals surface area contributed by atoms with Crippen molar-refractivity contribution in [2.24, 2.45) is 0 Å². The monoisotopic (exact) mass is 533 g/mol. The van der Waals surface area contributed by atoms with E-state index in [0.717, 1.165) is 31.9 Å². The summed E-state index contributed by atoms with van der Waals surface area (Å²) in [4.78, 5) is 39.5. The van der Waals surface area contributed by atoms with Crippen molar-refractivity contribution in [2.45, 2.75) is 19.4 Å². The van der Waals surface area contributed by atoms with Crippen molar-refractivity contribution in [3.05, 3.63) is 88.2 Å². The molecule has 1 aliphatic heterocycles. The lowest BCUT2D eigenvalue weighted by Crippen LogP contribution is -2.47. The minimum atomic E-state index is -0.700. The molecule has 3 heterocycles. The molecule has 0 radical (unpaired) electrons. The molecule has 1 aliphatic rings. The standard InChI is InChI=1S/C27H28ClN7O3/c1-3-23(25(36)19-4-6-20(28)7-5-19)35-27(37)34(18-30-35)22-10-8-21(9-11-22)32-14-16-33(17-15-32)26-29-13-12-24(31-26)38-2/h4-13,18,23H,3,14-17H2,1-2H3. The lowest BCUT2D eigenvalue weighted by Gasteiger charge is -2.36. The Morgan fingerprint density at radius 3 is 2.29 bits per heavy atom. The number of halogens is 1. The molecule has 5 rings (SSSR count). The Labute approximate surface area is 225 Å². The first-order chi connectivity index (χ1) is 18.5. The molecule has 11 heteroatoms. The van der Waals surface area contributed by atoms with Crippen molar-refractivity contribution in [3.8, 4) is 11.6 Å². The second-order valence-electron chi connectivity index (χ2n) is 8.91. The molecule has 196 valence electrons. The number of benzene rings is 2. The van der Waals surface area contributed by atoms with Gasteiger partial charge in [0.1, 0.15) is 12.4 Å². The first-order valence-corrected chi connectivity index (χ1v) is 12.8. The van der Waals surface area contributed by atoms with Crippen LogP contribution in [0.25, 0.3) is 5.69 Å². The van der Waals surface area contributed by atoms with Gasteiger partial charge in [-0.25, -0.2) is 19.0 Å². The van der Waals surface area contributed by atoms with Crippen LogP contribution in [-0.2, 0) is 0 Å². The van der Waals surface area contributed by atoms with Gasteiger partial charge in [-0.2, -0.15) is 10.1 Å². The van der Waals surface area contributed by atoms with Crippen molar-refractivity contribution in [1.29, 1.82) is 0 Å². The average Bonchev–Trinajstić information content (AvgIpc) is 3.34. The molecule has 1 fully saturated rings. The third-order valence-corrected chi connectivity index (χ3v) is 6.94. The second-order valence-corrected chi connectivity index (χ2v) is 9.35. The van der Waals surface area contributed by atoms with E-state index >= 15 is 0 Å². The number of carbonyl (C=O) groups is 1. The average molecular weight is 534 g/mol. The Kier molecular flexibility index (Phi) is 7.41. The van der Waals surface area contributed by atoms with E-state index in [1.165, 1.54) is 15.6 Å². The van der Waals surface area contributed by atoms with Gasteiger partial charge >= 0.3 is 5.69 Å². The maximum absolute atomic E-state index is 13.2. The number of methoxy groups -OCH3 is 1. The van der Waals surface area contributed by atoms with Crippen molar-refractivity contribution >= 4 is 29.0 Å². The summed E-state index contributed by atoms with van der Waals surface area (Å²) in [6.45, 7) is 5.03. The zero-order chi connectivity index (χ0) is 26.6. The zero-order valence-corrected chi connectivity index (χ0v) is 22.0. The van der Waals surface area contributed by atoms with E-state index in [4.69, 9.17) is 16.3 Å². The van der Waals surface area contributed by atoms with Crippen molar-refractivity contribution in [1.82, 2.24) is 24.3 Å². The number of hydrogen-bond acceptors (Lipinski definition) is 8. The fourth-order valence-electron chi connectivity index (χ4n) is 4.57. The molecule has 4 aromatic rings. The van der Waals surface area contributed by atoms with Crippen LogP contribution < -0.4 is 20.2 Å². The SMILES string of the molecule is CCC(C(=O)c1ccc(Cl)cc1)n1ncn(-c2ccc(N3CCN(c4nccc(OC)n4)CC3)cc2)c1=O. The summed E-state index contributed by atoms with van der Waals surface area (Å²) in [5.74, 6) is 1.03. The Morgan fingerprint density at radius 1 is 0.974 bits per heavy atom. The minimum absolute atomic E-state index is 0.176. The zero-order valence-electron chi connectivity index (χ0n) is 21.2. The number of carbonyl (C=O) groups excluding carboxylic acids is 1. The van der Waals surface area contributed by atoms with Crippen LogP contribution in [0.5, 0.6) is 5.88 Å². The number of aromatic nitrogens is 5. The Bertz CT molecular complexity index is 1460. The summed E-state index contributed by atoms with van der Waals surface area (Å²) in [6, 6.07) is 15.5. The molecule has 0 bridgehead atoms. The summed E-state index contributed by atoms with van der Waals surface area (Å²) < 4.78 is 7.92. The van der Waals surface area contributed by atoms with Gasteiger partial charge < -0.3 is 14.5 Å². The van der Waals surface area contributed by atoms with Gasteiger partial charge in [0, 0.05) is 54.7 Å². The molecule has 2 aromatic heterocycles. The van der Waals surface area contributed by atoms with E-state index in [1.54, 1.807) is 43.6 Å². The minimum Gasteiger partial charge on any atom is -0.481 e. The Balaban J connectivity index is 1.28. The molecule has 0 amide bonds. The summed E-state index contributed by atoms with van der Waals surface area (Å²) in [5.41, 5.74) is 1.87. The van der Waals surface area contributed by atoms with Gasteiger partial charge in [-0.1, -0.05) is 18.5 Å². The van der Waals surface area contributed by atoms with Crippen LogP contribution in [0, 0.1) is 0 Å². The van der Waals surface area contributed by atoms with Crippen LogP contribution in [0.4, 0.5) is 11.6 Å². The highest BCUT2D eigenvalue weighted by atomic mass is 35.5. The van der Waals surface area contributed by atoms with E-state index < -0.39 is 6.04 Å². The third-order valence-electron chi connectivity index (χ3n) is 6.69. The fourth-order valence-corrected chi connectivity index (χ4v) is 4.70. The number of anilines is 2. The number of piperazine rings is 1. The van der Waals surface area contributed by atoms with Crippen LogP contribution in [0.3, 0.4) is 0 Å². The lowest BCUT2D eigenvalue weighted by molar-refractivity contribution is 0.0911. The molecular weight excluding hydrogens is 506 g/mol. The van der Waals surface area contributed by atoms with Gasteiger partial charge in [-0.15, -0.1) is 0 Å². The first-order valence-electron chi connectivity index (χ1n) is 12.4. The van der Waals surface area contributed by atoms with Crippen LogP contribution in [-0.4, -0.2) is 63.4 Å². The smallest absolute Gasteiger partial charge is 0.351 e. The Hall–Kier alpha value is -4.18. The maximum atomic E-state index is 13.2. The van der Waals surface area contributed by atoms with Crippen molar-refractivity contribution < 1.29 is 9.53 Å². The molecule has 0 N–H and O–H groups in total. The van der Waals surface area contributed by atoms with Crippen LogP contribution in [0.2, 0.25) is 5.02 Å². The molecule has 1 atom stereocenters. The number of ketones is 1. The van der Waals surface area contributed by atoms with E-state index in [1.807, 2.05) is 31.2 Å². The summed E-state index contributed by atoms with van der Waals surface area (Å²) in [7, 11) is 1.59. The van der Waals surface area contributed by atoms with Gasteiger partial charge in [-0.3, -0.25) is 4.79 Å². The predicted molar refractivity (Wildman–Crippen MR) is 146 cm³/mol. The van der Waals surface area contributed by atoms with E-state index in [2.05, 4.69) is 24.9 Å². The molecule has 2 aromatic carbocycles. The highest BCUT2D eigenvalue weighted by Gasteiger charge is 2.24. The largest absolute Gasteiger partial charge is 0.481 e. The van der Waals surface area contributed by atoms with Gasteiger partial charge in [0.05, 0.1) is 12.8 Å². The molecule has 38 heavy (non-hydrogen) atoms. The highest BCUT2D eigenvalue weighted by molar-refractivity contribution is 6.30.